The van der Waals surface area contributed by atoms with Crippen molar-refractivity contribution in [1.82, 2.24) is 9.13 Å². The Kier molecular flexibility index (Phi) is 19.7. The molecule has 0 unspecified atom stereocenters. The maximum atomic E-state index is 14.1. The molecule has 15 heteroatoms. The highest BCUT2D eigenvalue weighted by Crippen LogP contribution is 2.61. The van der Waals surface area contributed by atoms with Crippen molar-refractivity contribution in [1.29, 1.82) is 0 Å². The number of para-hydroxylation sites is 8. The van der Waals surface area contributed by atoms with Crippen LogP contribution in [0.25, 0.3) is 64.1 Å². The van der Waals surface area contributed by atoms with Crippen LogP contribution in [0.3, 0.4) is 0 Å². The molecular formula is C108H88B2N4O4S5. The van der Waals surface area contributed by atoms with Gasteiger partial charge in [-0.05, 0) is 170 Å². The molecule has 3 aliphatic heterocycles. The summed E-state index contributed by atoms with van der Waals surface area (Å²) in [5.41, 5.74) is 31.4. The number of aryl methyl sites for hydroxylation is 6. The minimum Gasteiger partial charge on any atom is -0.307 e. The van der Waals surface area contributed by atoms with Crippen LogP contribution in [0.15, 0.2) is 370 Å². The van der Waals surface area contributed by atoms with Crippen LogP contribution in [0.1, 0.15) is 83.3 Å². The lowest BCUT2D eigenvalue weighted by Gasteiger charge is -2.44. The molecule has 0 spiro atoms. The Hall–Kier alpha value is -12.6. The minimum atomic E-state index is -4.13. The van der Waals surface area contributed by atoms with Crippen molar-refractivity contribution in [3.05, 3.63) is 406 Å². The number of thiophene rings is 3. The molecule has 22 rings (SSSR count). The maximum Gasteiger partial charge on any atom is 0.246 e. The van der Waals surface area contributed by atoms with Crippen LogP contribution >= 0.6 is 34.0 Å². The molecule has 8 heterocycles. The molecule has 0 fully saturated rings. The summed E-state index contributed by atoms with van der Waals surface area (Å²) in [6.07, 6.45) is 0. The SMILES string of the molecule is CC1(C)c2ccccc2N(c2cc(-c3ccc4c(c3)S(=O)(=O)c3ccccc3S4(=O)=O)sc2N2c3ccccc3C(C)(C)c3ccccc32)c2ccccc21.Cc1cc(C)c(B(c2ccsc2-n2c3ccccc3c3ccccc32)c2c(C)cc(C)cc2C)c(C)c1.c1ccc(B(c2ccccc2)c2ccsc2-n2c3ccccc3c3ccccc32)cc1. The van der Waals surface area contributed by atoms with Crippen LogP contribution in [0, 0.1) is 41.5 Å². The molecule has 19 aromatic rings. The van der Waals surface area contributed by atoms with Gasteiger partial charge >= 0.3 is 0 Å². The summed E-state index contributed by atoms with van der Waals surface area (Å²) in [4.78, 5) is 4.71. The fourth-order valence-electron chi connectivity index (χ4n) is 20.2. The average molecular weight is 1690 g/mol. The van der Waals surface area contributed by atoms with Crippen molar-refractivity contribution in [3.63, 3.8) is 0 Å². The van der Waals surface area contributed by atoms with Gasteiger partial charge in [0.1, 0.15) is 5.00 Å². The smallest absolute Gasteiger partial charge is 0.246 e. The normalized spacial score (nSPS) is 14.1. The molecule has 0 saturated carbocycles. The van der Waals surface area contributed by atoms with Crippen LogP contribution in [-0.4, -0.2) is 39.4 Å². The summed E-state index contributed by atoms with van der Waals surface area (Å²) in [7, 11) is -8.19. The first-order chi connectivity index (χ1) is 59.6. The molecule has 8 nitrogen and oxygen atoms in total. The number of anilines is 6. The number of aromatic nitrogens is 2. The first kappa shape index (κ1) is 78.9. The predicted molar refractivity (Wildman–Crippen MR) is 522 cm³/mol. The van der Waals surface area contributed by atoms with Gasteiger partial charge in [-0.2, -0.15) is 0 Å². The Morgan fingerprint density at radius 3 is 1.02 bits per heavy atom. The number of hydrogen-bond acceptors (Lipinski definition) is 9. The summed E-state index contributed by atoms with van der Waals surface area (Å²) in [5, 5.41) is 13.3. The van der Waals surface area contributed by atoms with Gasteiger partial charge in [0.05, 0.1) is 80.1 Å². The van der Waals surface area contributed by atoms with Crippen LogP contribution in [-0.2, 0) is 30.5 Å². The Labute approximate surface area is 733 Å². The third-order valence-electron chi connectivity index (χ3n) is 25.5. The number of fused-ring (bicyclic) bond motifs is 12. The lowest BCUT2D eigenvalue weighted by atomic mass is 9.34. The summed E-state index contributed by atoms with van der Waals surface area (Å²) in [5.74, 6) is 0. The standard InChI is InChI=1S/C46H36N2O4S3.C34H32BNS.C28H20BNS/c1-45(2)30-15-5-9-19-34(30)47(35-20-10-6-16-31(35)45)38-28-39(29-25-26-42-43(27-29)55(51,52)41-24-14-13-23-40(41)54(42,49)50)53-44(38)48-36-21-11-7-17-32(36)46(3,4)33-18-8-12-22-37(33)48;1-21-17-23(3)32(24(4)18-21)35(33-25(5)19-22(2)20-26(33)6)29-15-16-37-34(29)36-30-13-9-7-11-27(30)28-12-8-10-14-31(28)36;1-3-11-21(12-4-1)29(22-13-5-2-6-14-22)25-19-20-31-28(25)30-26-17-9-7-15-23(26)24-16-8-10-18-27(24)30/h5-28H,1-4H3;7-20H,1-6H3;1-20H. The molecule has 5 aromatic heterocycles. The second-order valence-corrected chi connectivity index (χ2v) is 40.4. The highest BCUT2D eigenvalue weighted by atomic mass is 32.2. The van der Waals surface area contributed by atoms with Crippen molar-refractivity contribution in [2.75, 3.05) is 9.80 Å². The first-order valence-corrected chi connectivity index (χ1v) is 47.4. The van der Waals surface area contributed by atoms with E-state index in [0.29, 0.717) is 5.56 Å². The third kappa shape index (κ3) is 13.0. The molecule has 14 aromatic carbocycles. The number of hydrogen-bond donors (Lipinski definition) is 0. The van der Waals surface area contributed by atoms with Gasteiger partial charge in [-0.25, -0.2) is 16.8 Å². The van der Waals surface area contributed by atoms with E-state index < -0.39 is 19.7 Å². The lowest BCUT2D eigenvalue weighted by Crippen LogP contribution is -2.56. The second kappa shape index (κ2) is 30.8. The largest absolute Gasteiger partial charge is 0.307 e. The van der Waals surface area contributed by atoms with Gasteiger partial charge in [0.2, 0.25) is 33.1 Å². The van der Waals surface area contributed by atoms with Crippen molar-refractivity contribution >= 4 is 177 Å². The van der Waals surface area contributed by atoms with Gasteiger partial charge < -0.3 is 14.0 Å². The molecule has 600 valence electrons. The quantitative estimate of drug-likeness (QED) is 0.120. The number of benzene rings is 14. The van der Waals surface area contributed by atoms with Crippen LogP contribution in [0.4, 0.5) is 33.4 Å². The van der Waals surface area contributed by atoms with E-state index in [1.54, 1.807) is 35.6 Å². The van der Waals surface area contributed by atoms with E-state index in [1.807, 2.05) is 22.7 Å². The Morgan fingerprint density at radius 1 is 0.293 bits per heavy atom. The molecule has 0 radical (unpaired) electrons. The molecule has 0 aliphatic carbocycles. The Bertz CT molecular complexity index is 7210. The van der Waals surface area contributed by atoms with Gasteiger partial charge in [-0.3, -0.25) is 4.90 Å². The van der Waals surface area contributed by atoms with E-state index in [-0.39, 0.29) is 43.8 Å². The number of sulfone groups is 2. The van der Waals surface area contributed by atoms with E-state index in [4.69, 9.17) is 0 Å². The van der Waals surface area contributed by atoms with E-state index in [1.165, 1.54) is 160 Å². The van der Waals surface area contributed by atoms with Crippen LogP contribution < -0.4 is 42.6 Å². The summed E-state index contributed by atoms with van der Waals surface area (Å²) in [6, 6.07) is 118. The Balaban J connectivity index is 0.000000123. The molecule has 0 amide bonds. The number of rotatable bonds is 11. The lowest BCUT2D eigenvalue weighted by molar-refractivity contribution is 0.570. The van der Waals surface area contributed by atoms with E-state index in [2.05, 4.69) is 396 Å². The van der Waals surface area contributed by atoms with Gasteiger partial charge in [0, 0.05) is 37.3 Å². The molecule has 3 aliphatic rings. The first-order valence-electron chi connectivity index (χ1n) is 41.8. The second-order valence-electron chi connectivity index (χ2n) is 33.8. The third-order valence-corrected chi connectivity index (χ3v) is 32.5. The van der Waals surface area contributed by atoms with Crippen molar-refractivity contribution in [3.8, 4) is 20.4 Å². The summed E-state index contributed by atoms with van der Waals surface area (Å²) in [6.45, 7) is 22.9. The van der Waals surface area contributed by atoms with E-state index in [0.717, 1.165) is 38.3 Å². The predicted octanol–water partition coefficient (Wildman–Crippen LogP) is 24.2. The Morgan fingerprint density at radius 2 is 0.618 bits per heavy atom. The monoisotopic (exact) mass is 1690 g/mol. The van der Waals surface area contributed by atoms with Crippen molar-refractivity contribution in [2.45, 2.75) is 99.6 Å². The van der Waals surface area contributed by atoms with Crippen LogP contribution in [0.2, 0.25) is 0 Å². The molecule has 0 atom stereocenters. The van der Waals surface area contributed by atoms with Gasteiger partial charge in [0.25, 0.3) is 0 Å². The fraction of sp³-hybridized carbons (Fsp3) is 0.111. The average Bonchev–Trinajstić information content (AvgIpc) is 1.69. The van der Waals surface area contributed by atoms with Crippen molar-refractivity contribution < 1.29 is 16.8 Å². The summed E-state index contributed by atoms with van der Waals surface area (Å²) < 4.78 is 60.8. The zero-order valence-corrected chi connectivity index (χ0v) is 74.2. The molecular weight excluding hydrogens is 1600 g/mol. The zero-order chi connectivity index (χ0) is 84.5. The molecule has 0 saturated heterocycles. The van der Waals surface area contributed by atoms with Gasteiger partial charge in [0.15, 0.2) is 0 Å². The molecule has 123 heavy (non-hydrogen) atoms. The van der Waals surface area contributed by atoms with Crippen LogP contribution in [0.5, 0.6) is 0 Å². The molecule has 0 bridgehead atoms. The molecule has 0 N–H and O–H groups in total. The van der Waals surface area contributed by atoms with Gasteiger partial charge in [-0.1, -0.05) is 344 Å². The van der Waals surface area contributed by atoms with Gasteiger partial charge in [-0.15, -0.1) is 34.0 Å². The van der Waals surface area contributed by atoms with E-state index in [9.17, 15) is 16.8 Å². The highest BCUT2D eigenvalue weighted by molar-refractivity contribution is 7.97. The highest BCUT2D eigenvalue weighted by Gasteiger charge is 2.44. The zero-order valence-electron chi connectivity index (χ0n) is 70.1. The maximum absolute atomic E-state index is 14.1. The minimum absolute atomic E-state index is 0.155. The summed E-state index contributed by atoms with van der Waals surface area (Å²) >= 11 is 5.23. The fourth-order valence-corrected chi connectivity index (χ4v) is 27.4. The topological polar surface area (TPSA) is 84.6 Å². The number of nitrogens with zero attached hydrogens (tertiary/aromatic N) is 4. The van der Waals surface area contributed by atoms with Crippen molar-refractivity contribution in [2.24, 2.45) is 0 Å². The van der Waals surface area contributed by atoms with E-state index >= 15 is 0 Å².